The fourth-order valence-corrected chi connectivity index (χ4v) is 0.258. The van der Waals surface area contributed by atoms with Crippen LogP contribution in [-0.2, 0) is 0 Å². The fraction of sp³-hybridized carbons (Fsp3) is 1.00. The number of rotatable bonds is 3. The van der Waals surface area contributed by atoms with E-state index in [9.17, 15) is 0 Å². The highest BCUT2D eigenvalue weighted by Gasteiger charge is 1.86. The van der Waals surface area contributed by atoms with Crippen LogP contribution in [0.3, 0.4) is 0 Å². The first-order valence-corrected chi connectivity index (χ1v) is 4.26. The number of aliphatic hydroxyl groups is 2. The first kappa shape index (κ1) is 13.5. The Hall–Kier alpha value is -0.0800. The maximum atomic E-state index is 8.24. The van der Waals surface area contributed by atoms with E-state index in [0.29, 0.717) is 25.0 Å². The van der Waals surface area contributed by atoms with E-state index in [0.717, 1.165) is 6.42 Å². The Balaban J connectivity index is 0. The van der Waals surface area contributed by atoms with Crippen molar-refractivity contribution in [2.24, 2.45) is 11.8 Å². The second kappa shape index (κ2) is 9.92. The maximum absolute atomic E-state index is 8.24. The quantitative estimate of drug-likeness (QED) is 0.662. The largest absolute Gasteiger partial charge is 0.396 e. The molecule has 0 saturated heterocycles. The van der Waals surface area contributed by atoms with E-state index in [2.05, 4.69) is 13.8 Å². The van der Waals surface area contributed by atoms with Gasteiger partial charge in [-0.15, -0.1) is 0 Å². The van der Waals surface area contributed by atoms with Gasteiger partial charge < -0.3 is 10.2 Å². The van der Waals surface area contributed by atoms with Crippen molar-refractivity contribution in [2.45, 2.75) is 34.1 Å². The molecule has 0 aliphatic rings. The Bertz CT molecular complexity index is 60.6. The lowest BCUT2D eigenvalue weighted by Crippen LogP contribution is -1.90. The fourth-order valence-electron chi connectivity index (χ4n) is 0.258. The van der Waals surface area contributed by atoms with E-state index < -0.39 is 0 Å². The smallest absolute Gasteiger partial charge is 0.0453 e. The molecular formula is C9H22O2. The summed E-state index contributed by atoms with van der Waals surface area (Å²) in [5.41, 5.74) is 0. The van der Waals surface area contributed by atoms with E-state index in [1.807, 2.05) is 13.8 Å². The summed E-state index contributed by atoms with van der Waals surface area (Å²) in [6, 6.07) is 0. The van der Waals surface area contributed by atoms with E-state index in [-0.39, 0.29) is 0 Å². The summed E-state index contributed by atoms with van der Waals surface area (Å²) in [5.74, 6) is 1.09. The van der Waals surface area contributed by atoms with Crippen molar-refractivity contribution in [1.29, 1.82) is 0 Å². The second-order valence-electron chi connectivity index (χ2n) is 3.48. The summed E-state index contributed by atoms with van der Waals surface area (Å²) in [4.78, 5) is 0. The van der Waals surface area contributed by atoms with Gasteiger partial charge in [-0.1, -0.05) is 27.7 Å². The zero-order valence-corrected chi connectivity index (χ0v) is 8.17. The monoisotopic (exact) mass is 162 g/mol. The number of hydrogen-bond donors (Lipinski definition) is 2. The zero-order chi connectivity index (χ0) is 9.28. The van der Waals surface area contributed by atoms with Crippen LogP contribution in [0.5, 0.6) is 0 Å². The molecule has 0 aliphatic carbocycles. The summed E-state index contributed by atoms with van der Waals surface area (Å²) >= 11 is 0. The molecule has 0 heterocycles. The number of aliphatic hydroxyl groups excluding tert-OH is 2. The van der Waals surface area contributed by atoms with Gasteiger partial charge in [0, 0.05) is 13.2 Å². The maximum Gasteiger partial charge on any atom is 0.0453 e. The van der Waals surface area contributed by atoms with Crippen molar-refractivity contribution in [3.05, 3.63) is 0 Å². The molecule has 2 nitrogen and oxygen atoms in total. The molecule has 0 aromatic rings. The van der Waals surface area contributed by atoms with Gasteiger partial charge in [-0.25, -0.2) is 0 Å². The Morgan fingerprint density at radius 2 is 1.27 bits per heavy atom. The Labute approximate surface area is 70.3 Å². The summed E-state index contributed by atoms with van der Waals surface area (Å²) < 4.78 is 0. The molecule has 0 radical (unpaired) electrons. The average Bonchev–Trinajstić information content (AvgIpc) is 1.89. The van der Waals surface area contributed by atoms with Gasteiger partial charge in [0.25, 0.3) is 0 Å². The van der Waals surface area contributed by atoms with E-state index in [4.69, 9.17) is 10.2 Å². The van der Waals surface area contributed by atoms with Crippen LogP contribution in [0.4, 0.5) is 0 Å². The SMILES string of the molecule is CC(C)CCO.CC(C)CO. The molecule has 2 heteroatoms. The van der Waals surface area contributed by atoms with Crippen molar-refractivity contribution < 1.29 is 10.2 Å². The molecular weight excluding hydrogens is 140 g/mol. The topological polar surface area (TPSA) is 40.5 Å². The van der Waals surface area contributed by atoms with Crippen molar-refractivity contribution in [2.75, 3.05) is 13.2 Å². The minimum Gasteiger partial charge on any atom is -0.396 e. The normalized spacial score (nSPS) is 9.82. The van der Waals surface area contributed by atoms with Crippen molar-refractivity contribution in [3.63, 3.8) is 0 Å². The minimum absolute atomic E-state index is 0.306. The van der Waals surface area contributed by atoms with Crippen molar-refractivity contribution in [1.82, 2.24) is 0 Å². The molecule has 70 valence electrons. The highest BCUT2D eigenvalue weighted by molar-refractivity contribution is 4.38. The third kappa shape index (κ3) is 25.7. The van der Waals surface area contributed by atoms with Crippen molar-refractivity contribution in [3.8, 4) is 0 Å². The van der Waals surface area contributed by atoms with Crippen molar-refractivity contribution >= 4 is 0 Å². The van der Waals surface area contributed by atoms with Gasteiger partial charge in [0.2, 0.25) is 0 Å². The van der Waals surface area contributed by atoms with Crippen LogP contribution in [0, 0.1) is 11.8 Å². The van der Waals surface area contributed by atoms with Crippen LogP contribution < -0.4 is 0 Å². The highest BCUT2D eigenvalue weighted by atomic mass is 16.3. The van der Waals surface area contributed by atoms with Gasteiger partial charge in [-0.2, -0.15) is 0 Å². The molecule has 2 N–H and O–H groups in total. The van der Waals surface area contributed by atoms with Gasteiger partial charge in [0.1, 0.15) is 0 Å². The van der Waals surface area contributed by atoms with Gasteiger partial charge in [-0.05, 0) is 18.3 Å². The van der Waals surface area contributed by atoms with Crippen LogP contribution in [-0.4, -0.2) is 23.4 Å². The van der Waals surface area contributed by atoms with Gasteiger partial charge >= 0.3 is 0 Å². The lowest BCUT2D eigenvalue weighted by Gasteiger charge is -1.95. The molecule has 0 spiro atoms. The van der Waals surface area contributed by atoms with Gasteiger partial charge in [0.15, 0.2) is 0 Å². The third-order valence-electron chi connectivity index (χ3n) is 1.07. The highest BCUT2D eigenvalue weighted by Crippen LogP contribution is 1.94. The Morgan fingerprint density at radius 3 is 1.27 bits per heavy atom. The summed E-state index contributed by atoms with van der Waals surface area (Å²) in [6.45, 7) is 8.77. The predicted molar refractivity (Wildman–Crippen MR) is 48.5 cm³/mol. The molecule has 0 fully saturated rings. The Morgan fingerprint density at radius 1 is 0.909 bits per heavy atom. The molecule has 0 bridgehead atoms. The standard InChI is InChI=1S/C5H12O.C4H10O/c1-5(2)3-4-6;1-4(2)3-5/h5-6H,3-4H2,1-2H3;4-5H,3H2,1-2H3. The molecule has 0 aromatic heterocycles. The van der Waals surface area contributed by atoms with E-state index in [1.165, 1.54) is 0 Å². The molecule has 0 saturated carbocycles. The van der Waals surface area contributed by atoms with E-state index >= 15 is 0 Å². The van der Waals surface area contributed by atoms with Gasteiger partial charge in [0.05, 0.1) is 0 Å². The third-order valence-corrected chi connectivity index (χ3v) is 1.07. The lowest BCUT2D eigenvalue weighted by atomic mass is 10.2. The minimum atomic E-state index is 0.306. The van der Waals surface area contributed by atoms with Crippen LogP contribution in [0.25, 0.3) is 0 Å². The molecule has 0 amide bonds. The van der Waals surface area contributed by atoms with Crippen LogP contribution >= 0.6 is 0 Å². The van der Waals surface area contributed by atoms with Crippen LogP contribution in [0.2, 0.25) is 0 Å². The van der Waals surface area contributed by atoms with Crippen LogP contribution in [0.1, 0.15) is 34.1 Å². The molecule has 11 heavy (non-hydrogen) atoms. The van der Waals surface area contributed by atoms with E-state index in [1.54, 1.807) is 0 Å². The zero-order valence-electron chi connectivity index (χ0n) is 8.17. The predicted octanol–water partition coefficient (Wildman–Crippen LogP) is 1.66. The summed E-state index contributed by atoms with van der Waals surface area (Å²) in [5, 5.41) is 16.4. The average molecular weight is 162 g/mol. The second-order valence-corrected chi connectivity index (χ2v) is 3.48. The first-order valence-electron chi connectivity index (χ1n) is 4.26. The molecule has 0 rings (SSSR count). The molecule has 0 aromatic carbocycles. The van der Waals surface area contributed by atoms with Crippen LogP contribution in [0.15, 0.2) is 0 Å². The number of hydrogen-bond acceptors (Lipinski definition) is 2. The summed E-state index contributed by atoms with van der Waals surface area (Å²) in [6.07, 6.45) is 0.931. The molecule has 0 unspecified atom stereocenters. The molecule has 0 aliphatic heterocycles. The molecule has 0 atom stereocenters. The summed E-state index contributed by atoms with van der Waals surface area (Å²) in [7, 11) is 0. The lowest BCUT2D eigenvalue weighted by molar-refractivity contribution is 0.248. The first-order chi connectivity index (χ1) is 5.04. The van der Waals surface area contributed by atoms with Gasteiger partial charge in [-0.3, -0.25) is 0 Å². The Kier molecular flexibility index (Phi) is 12.2.